The van der Waals surface area contributed by atoms with E-state index in [2.05, 4.69) is 40.8 Å². The van der Waals surface area contributed by atoms with Crippen LogP contribution in [0.2, 0.25) is 0 Å². The summed E-state index contributed by atoms with van der Waals surface area (Å²) in [7, 11) is 0. The van der Waals surface area contributed by atoms with Gasteiger partial charge in [0.05, 0.1) is 0 Å². The van der Waals surface area contributed by atoms with Gasteiger partial charge < -0.3 is 15.8 Å². The highest BCUT2D eigenvalue weighted by Gasteiger charge is 2.16. The Morgan fingerprint density at radius 2 is 2.17 bits per heavy atom. The molecule has 18 heavy (non-hydrogen) atoms. The van der Waals surface area contributed by atoms with Gasteiger partial charge in [-0.3, -0.25) is 0 Å². The van der Waals surface area contributed by atoms with Crippen molar-refractivity contribution in [2.75, 3.05) is 11.4 Å². The average molecular weight is 251 g/mol. The fraction of sp³-hybridized carbons (Fsp3) is 0.583. The highest BCUT2D eigenvalue weighted by Crippen LogP contribution is 2.14. The molecule has 1 rings (SSSR count). The number of nitrogens with two attached hydrogens (primary N) is 1. The first-order valence-electron chi connectivity index (χ1n) is 6.13. The van der Waals surface area contributed by atoms with Crippen molar-refractivity contribution in [1.29, 1.82) is 0 Å². The first kappa shape index (κ1) is 14.2. The van der Waals surface area contributed by atoms with Gasteiger partial charge >= 0.3 is 0 Å². The maximum atomic E-state index is 8.71. The van der Waals surface area contributed by atoms with Crippen LogP contribution >= 0.6 is 0 Å². The number of aryl methyl sites for hydroxylation is 1. The fourth-order valence-electron chi connectivity index (χ4n) is 1.73. The zero-order chi connectivity index (χ0) is 13.7. The summed E-state index contributed by atoms with van der Waals surface area (Å²) in [6.07, 6.45) is 1.00. The summed E-state index contributed by atoms with van der Waals surface area (Å²) in [5.74, 6) is 0.621. The van der Waals surface area contributed by atoms with Crippen LogP contribution in [-0.2, 0) is 0 Å². The molecule has 0 saturated carbocycles. The Bertz CT molecular complexity index is 432. The number of nitrogens with zero attached hydrogens (tertiary/aromatic N) is 4. The standard InChI is InChI=1S/C12H21N5O/c1-5-9(4)17(6-2)12-14-8(3)7-10(15-12)11(13)16-18/h7,9,18H,5-6H2,1-4H3,(H2,13,16). The van der Waals surface area contributed by atoms with E-state index in [9.17, 15) is 0 Å². The second-order valence-electron chi connectivity index (χ2n) is 4.22. The monoisotopic (exact) mass is 251 g/mol. The molecule has 3 N–H and O–H groups in total. The molecule has 0 fully saturated rings. The lowest BCUT2D eigenvalue weighted by Gasteiger charge is -2.27. The second-order valence-corrected chi connectivity index (χ2v) is 4.22. The van der Waals surface area contributed by atoms with E-state index in [4.69, 9.17) is 10.9 Å². The van der Waals surface area contributed by atoms with Gasteiger partial charge in [-0.05, 0) is 33.3 Å². The van der Waals surface area contributed by atoms with Gasteiger partial charge in [-0.2, -0.15) is 0 Å². The van der Waals surface area contributed by atoms with Gasteiger partial charge in [0.2, 0.25) is 5.95 Å². The maximum Gasteiger partial charge on any atom is 0.226 e. The van der Waals surface area contributed by atoms with Crippen molar-refractivity contribution in [3.63, 3.8) is 0 Å². The van der Waals surface area contributed by atoms with Crippen molar-refractivity contribution in [2.24, 2.45) is 10.9 Å². The molecule has 0 aliphatic carbocycles. The van der Waals surface area contributed by atoms with Gasteiger partial charge in [0, 0.05) is 18.3 Å². The van der Waals surface area contributed by atoms with Crippen LogP contribution in [0.4, 0.5) is 5.95 Å². The molecule has 0 aliphatic rings. The van der Waals surface area contributed by atoms with Gasteiger partial charge in [-0.15, -0.1) is 0 Å². The number of oxime groups is 1. The van der Waals surface area contributed by atoms with Gasteiger partial charge in [0.25, 0.3) is 0 Å². The molecule has 0 aliphatic heterocycles. The minimum atomic E-state index is 0.00181. The second kappa shape index (κ2) is 6.18. The largest absolute Gasteiger partial charge is 0.409 e. The summed E-state index contributed by atoms with van der Waals surface area (Å²) in [5, 5.41) is 11.7. The molecule has 6 nitrogen and oxygen atoms in total. The molecule has 0 radical (unpaired) electrons. The van der Waals surface area contributed by atoms with Crippen LogP contribution in [0.5, 0.6) is 0 Å². The lowest BCUT2D eigenvalue weighted by atomic mass is 10.2. The summed E-state index contributed by atoms with van der Waals surface area (Å²) in [6, 6.07) is 2.04. The zero-order valence-corrected chi connectivity index (χ0v) is 11.4. The zero-order valence-electron chi connectivity index (χ0n) is 11.4. The van der Waals surface area contributed by atoms with E-state index in [1.807, 2.05) is 6.92 Å². The van der Waals surface area contributed by atoms with Crippen LogP contribution in [0.1, 0.15) is 38.6 Å². The Morgan fingerprint density at radius 3 is 2.67 bits per heavy atom. The maximum absolute atomic E-state index is 8.71. The summed E-state index contributed by atoms with van der Waals surface area (Å²) in [4.78, 5) is 10.9. The highest BCUT2D eigenvalue weighted by molar-refractivity contribution is 5.95. The summed E-state index contributed by atoms with van der Waals surface area (Å²) < 4.78 is 0. The number of hydrogen-bond acceptors (Lipinski definition) is 5. The topological polar surface area (TPSA) is 87.6 Å². The third-order valence-electron chi connectivity index (χ3n) is 2.93. The van der Waals surface area contributed by atoms with Crippen LogP contribution in [0, 0.1) is 6.92 Å². The normalized spacial score (nSPS) is 13.4. The molecular weight excluding hydrogens is 230 g/mol. The van der Waals surface area contributed by atoms with Crippen molar-refractivity contribution in [3.8, 4) is 0 Å². The third kappa shape index (κ3) is 3.09. The van der Waals surface area contributed by atoms with Crippen molar-refractivity contribution in [1.82, 2.24) is 9.97 Å². The third-order valence-corrected chi connectivity index (χ3v) is 2.93. The summed E-state index contributed by atoms with van der Waals surface area (Å²) >= 11 is 0. The van der Waals surface area contributed by atoms with Gasteiger partial charge in [-0.1, -0.05) is 12.1 Å². The highest BCUT2D eigenvalue weighted by atomic mass is 16.4. The Balaban J connectivity index is 3.19. The van der Waals surface area contributed by atoms with Crippen molar-refractivity contribution < 1.29 is 5.21 Å². The van der Waals surface area contributed by atoms with E-state index in [0.717, 1.165) is 18.7 Å². The quantitative estimate of drug-likeness (QED) is 0.358. The van der Waals surface area contributed by atoms with Crippen molar-refractivity contribution in [2.45, 2.75) is 40.2 Å². The molecule has 1 aromatic heterocycles. The van der Waals surface area contributed by atoms with E-state index in [1.165, 1.54) is 0 Å². The minimum Gasteiger partial charge on any atom is -0.409 e. The van der Waals surface area contributed by atoms with Crippen LogP contribution in [0.25, 0.3) is 0 Å². The number of anilines is 1. The molecule has 6 heteroatoms. The number of rotatable bonds is 5. The average Bonchev–Trinajstić information content (AvgIpc) is 2.37. The SMILES string of the molecule is CCC(C)N(CC)c1nc(C)cc(/C(N)=N/O)n1. The molecule has 0 aromatic carbocycles. The Labute approximate surface area is 108 Å². The molecule has 0 bridgehead atoms. The molecular formula is C12H21N5O. The number of hydrogen-bond donors (Lipinski definition) is 2. The molecule has 1 aromatic rings. The number of aromatic nitrogens is 2. The smallest absolute Gasteiger partial charge is 0.226 e. The van der Waals surface area contributed by atoms with Crippen LogP contribution < -0.4 is 10.6 Å². The lowest BCUT2D eigenvalue weighted by molar-refractivity contribution is 0.318. The predicted octanol–water partition coefficient (Wildman–Crippen LogP) is 1.50. The van der Waals surface area contributed by atoms with Crippen molar-refractivity contribution >= 4 is 11.8 Å². The summed E-state index contributed by atoms with van der Waals surface area (Å²) in [5.41, 5.74) is 6.81. The molecule has 1 atom stereocenters. The first-order valence-corrected chi connectivity index (χ1v) is 6.13. The molecule has 0 saturated heterocycles. The molecule has 0 amide bonds. The van der Waals surface area contributed by atoms with E-state index < -0.39 is 0 Å². The van der Waals surface area contributed by atoms with E-state index in [-0.39, 0.29) is 5.84 Å². The molecule has 1 heterocycles. The van der Waals surface area contributed by atoms with E-state index in [1.54, 1.807) is 6.07 Å². The van der Waals surface area contributed by atoms with Crippen LogP contribution in [0.3, 0.4) is 0 Å². The minimum absolute atomic E-state index is 0.00181. The Morgan fingerprint density at radius 1 is 1.50 bits per heavy atom. The lowest BCUT2D eigenvalue weighted by Crippen LogP contribution is -2.34. The van der Waals surface area contributed by atoms with Gasteiger partial charge in [-0.25, -0.2) is 9.97 Å². The van der Waals surface area contributed by atoms with E-state index >= 15 is 0 Å². The Kier molecular flexibility index (Phi) is 4.88. The number of amidine groups is 1. The van der Waals surface area contributed by atoms with Crippen LogP contribution in [-0.4, -0.2) is 33.6 Å². The fourth-order valence-corrected chi connectivity index (χ4v) is 1.73. The summed E-state index contributed by atoms with van der Waals surface area (Å²) in [6.45, 7) is 8.98. The molecule has 0 spiro atoms. The van der Waals surface area contributed by atoms with Crippen molar-refractivity contribution in [3.05, 3.63) is 17.5 Å². The molecule has 1 unspecified atom stereocenters. The predicted molar refractivity (Wildman–Crippen MR) is 72.1 cm³/mol. The van der Waals surface area contributed by atoms with Gasteiger partial charge in [0.15, 0.2) is 5.84 Å². The Hall–Kier alpha value is -1.85. The van der Waals surface area contributed by atoms with Crippen LogP contribution in [0.15, 0.2) is 11.2 Å². The van der Waals surface area contributed by atoms with Gasteiger partial charge in [0.1, 0.15) is 5.69 Å². The first-order chi connectivity index (χ1) is 8.53. The molecule has 100 valence electrons. The van der Waals surface area contributed by atoms with E-state index in [0.29, 0.717) is 17.7 Å².